The topological polar surface area (TPSA) is 177 Å². The predicted octanol–water partition coefficient (Wildman–Crippen LogP) is -0.932. The van der Waals surface area contributed by atoms with Crippen LogP contribution < -0.4 is 27.4 Å². The number of rotatable bonds is 13. The highest BCUT2D eigenvalue weighted by Crippen LogP contribution is 2.08. The number of amides is 3. The van der Waals surface area contributed by atoms with Crippen molar-refractivity contribution in [1.29, 1.82) is 0 Å². The van der Waals surface area contributed by atoms with Gasteiger partial charge in [0.25, 0.3) is 0 Å². The summed E-state index contributed by atoms with van der Waals surface area (Å²) in [7, 11) is 0. The number of carboxylic acids is 1. The molecule has 0 radical (unpaired) electrons. The Bertz CT molecular complexity index is 538. The number of unbranched alkanes of at least 4 members (excludes halogenated alkanes) is 1. The van der Waals surface area contributed by atoms with E-state index < -0.39 is 47.9 Å². The number of nitrogens with two attached hydrogens (primary N) is 2. The second-order valence-corrected chi connectivity index (χ2v) is 7.39. The van der Waals surface area contributed by atoms with Crippen LogP contribution in [0.4, 0.5) is 0 Å². The molecule has 0 aromatic carbocycles. The average molecular weight is 402 g/mol. The Morgan fingerprint density at radius 3 is 1.86 bits per heavy atom. The Labute approximate surface area is 166 Å². The van der Waals surface area contributed by atoms with Crippen LogP contribution in [-0.4, -0.2) is 59.5 Å². The quantitative estimate of drug-likeness (QED) is 0.216. The van der Waals surface area contributed by atoms with E-state index in [1.165, 1.54) is 13.8 Å². The molecule has 4 atom stereocenters. The van der Waals surface area contributed by atoms with Crippen molar-refractivity contribution in [1.82, 2.24) is 16.0 Å². The van der Waals surface area contributed by atoms with Crippen LogP contribution >= 0.6 is 0 Å². The zero-order valence-electron chi connectivity index (χ0n) is 17.2. The number of carboxylic acid groups (broad SMARTS) is 1. The van der Waals surface area contributed by atoms with Crippen molar-refractivity contribution in [3.63, 3.8) is 0 Å². The molecule has 162 valence electrons. The molecule has 0 aliphatic rings. The molecule has 0 saturated heterocycles. The fourth-order valence-corrected chi connectivity index (χ4v) is 2.42. The maximum atomic E-state index is 12.7. The van der Waals surface area contributed by atoms with Crippen LogP contribution in [0.15, 0.2) is 0 Å². The van der Waals surface area contributed by atoms with Gasteiger partial charge in [-0.15, -0.1) is 0 Å². The van der Waals surface area contributed by atoms with E-state index >= 15 is 0 Å². The molecule has 0 rings (SSSR count). The number of hydrogen-bond acceptors (Lipinski definition) is 6. The maximum Gasteiger partial charge on any atom is 0.325 e. The highest BCUT2D eigenvalue weighted by molar-refractivity contribution is 5.93. The van der Waals surface area contributed by atoms with Gasteiger partial charge in [0, 0.05) is 0 Å². The molecule has 10 nitrogen and oxygen atoms in total. The zero-order valence-corrected chi connectivity index (χ0v) is 17.2. The summed E-state index contributed by atoms with van der Waals surface area (Å²) in [4.78, 5) is 48.0. The van der Waals surface area contributed by atoms with E-state index in [1.54, 1.807) is 0 Å². The first-order valence-electron chi connectivity index (χ1n) is 9.59. The fraction of sp³-hybridized carbons (Fsp3) is 0.778. The van der Waals surface area contributed by atoms with Crippen LogP contribution in [0.1, 0.15) is 53.4 Å². The minimum Gasteiger partial charge on any atom is -0.480 e. The van der Waals surface area contributed by atoms with Gasteiger partial charge in [0.15, 0.2) is 0 Å². The van der Waals surface area contributed by atoms with Crippen LogP contribution in [0, 0.1) is 5.92 Å². The van der Waals surface area contributed by atoms with Gasteiger partial charge in [-0.25, -0.2) is 0 Å². The maximum absolute atomic E-state index is 12.7. The van der Waals surface area contributed by atoms with Crippen molar-refractivity contribution in [3.8, 4) is 0 Å². The van der Waals surface area contributed by atoms with Gasteiger partial charge in [-0.05, 0) is 52.0 Å². The largest absolute Gasteiger partial charge is 0.480 e. The van der Waals surface area contributed by atoms with Gasteiger partial charge in [-0.3, -0.25) is 19.2 Å². The van der Waals surface area contributed by atoms with E-state index in [-0.39, 0.29) is 5.92 Å². The Morgan fingerprint density at radius 1 is 0.857 bits per heavy atom. The van der Waals surface area contributed by atoms with Crippen molar-refractivity contribution < 1.29 is 24.3 Å². The van der Waals surface area contributed by atoms with Crippen LogP contribution in [0.2, 0.25) is 0 Å². The van der Waals surface area contributed by atoms with E-state index in [0.717, 1.165) is 0 Å². The Balaban J connectivity index is 5.23. The van der Waals surface area contributed by atoms with Gasteiger partial charge in [-0.1, -0.05) is 13.8 Å². The molecule has 28 heavy (non-hydrogen) atoms. The summed E-state index contributed by atoms with van der Waals surface area (Å²) >= 11 is 0. The molecule has 0 bridgehead atoms. The molecule has 0 aliphatic carbocycles. The third-order valence-corrected chi connectivity index (χ3v) is 4.06. The van der Waals surface area contributed by atoms with Crippen molar-refractivity contribution in [2.75, 3.05) is 6.54 Å². The molecular weight excluding hydrogens is 366 g/mol. The normalized spacial score (nSPS) is 15.2. The van der Waals surface area contributed by atoms with Crippen LogP contribution in [-0.2, 0) is 19.2 Å². The Kier molecular flexibility index (Phi) is 12.0. The van der Waals surface area contributed by atoms with Gasteiger partial charge >= 0.3 is 5.97 Å². The average Bonchev–Trinajstić information content (AvgIpc) is 2.59. The summed E-state index contributed by atoms with van der Waals surface area (Å²) in [6.07, 6.45) is 1.91. The molecule has 0 aliphatic heterocycles. The molecule has 0 aromatic heterocycles. The van der Waals surface area contributed by atoms with Crippen LogP contribution in [0.3, 0.4) is 0 Å². The van der Waals surface area contributed by atoms with Gasteiger partial charge in [0.2, 0.25) is 17.7 Å². The highest BCUT2D eigenvalue weighted by atomic mass is 16.4. The van der Waals surface area contributed by atoms with Crippen LogP contribution in [0.25, 0.3) is 0 Å². The molecule has 10 heteroatoms. The van der Waals surface area contributed by atoms with Gasteiger partial charge in [-0.2, -0.15) is 0 Å². The molecule has 0 aromatic rings. The number of nitrogens with one attached hydrogen (secondary N) is 3. The molecule has 0 heterocycles. The third kappa shape index (κ3) is 10.2. The Hall–Kier alpha value is -2.20. The molecule has 0 saturated carbocycles. The summed E-state index contributed by atoms with van der Waals surface area (Å²) in [5.41, 5.74) is 11.0. The predicted molar refractivity (Wildman–Crippen MR) is 105 cm³/mol. The van der Waals surface area contributed by atoms with Crippen molar-refractivity contribution in [2.45, 2.75) is 77.5 Å². The van der Waals surface area contributed by atoms with E-state index in [9.17, 15) is 19.2 Å². The van der Waals surface area contributed by atoms with Crippen LogP contribution in [0.5, 0.6) is 0 Å². The molecule has 4 unspecified atom stereocenters. The minimum atomic E-state index is -1.18. The third-order valence-electron chi connectivity index (χ3n) is 4.06. The minimum absolute atomic E-state index is 0.112. The molecule has 0 fully saturated rings. The SMILES string of the molecule is CC(C)CC(NC(=O)C(C)N)C(=O)NC(CCCCN)C(=O)NC(C)C(=O)O. The van der Waals surface area contributed by atoms with E-state index in [4.69, 9.17) is 16.6 Å². The number of carbonyl (C=O) groups excluding carboxylic acids is 3. The van der Waals surface area contributed by atoms with E-state index in [1.807, 2.05) is 13.8 Å². The summed E-state index contributed by atoms with van der Waals surface area (Å²) in [6.45, 7) is 7.09. The first-order chi connectivity index (χ1) is 13.0. The van der Waals surface area contributed by atoms with Gasteiger partial charge < -0.3 is 32.5 Å². The zero-order chi connectivity index (χ0) is 21.9. The molecular formula is C18H35N5O5. The van der Waals surface area contributed by atoms with Gasteiger partial charge in [0.1, 0.15) is 18.1 Å². The lowest BCUT2D eigenvalue weighted by atomic mass is 10.0. The Morgan fingerprint density at radius 2 is 1.39 bits per heavy atom. The van der Waals surface area contributed by atoms with E-state index in [0.29, 0.717) is 32.2 Å². The van der Waals surface area contributed by atoms with Crippen molar-refractivity contribution >= 4 is 23.7 Å². The fourth-order valence-electron chi connectivity index (χ4n) is 2.42. The number of hydrogen-bond donors (Lipinski definition) is 6. The second kappa shape index (κ2) is 13.1. The summed E-state index contributed by atoms with van der Waals surface area (Å²) < 4.78 is 0. The monoisotopic (exact) mass is 401 g/mol. The summed E-state index contributed by atoms with van der Waals surface area (Å²) in [6, 6.07) is -3.64. The van der Waals surface area contributed by atoms with Crippen molar-refractivity contribution in [2.24, 2.45) is 17.4 Å². The second-order valence-electron chi connectivity index (χ2n) is 7.39. The standard InChI is InChI=1S/C18H35N5O5/c1-10(2)9-14(23-15(24)11(3)20)17(26)22-13(7-5-6-8-19)16(25)21-12(4)18(27)28/h10-14H,5-9,19-20H2,1-4H3,(H,21,25)(H,22,26)(H,23,24)(H,27,28). The number of aliphatic carboxylic acids is 1. The van der Waals surface area contributed by atoms with Crippen molar-refractivity contribution in [3.05, 3.63) is 0 Å². The molecule has 8 N–H and O–H groups in total. The summed E-state index contributed by atoms with van der Waals surface area (Å²) in [5, 5.41) is 16.6. The molecule has 0 spiro atoms. The first-order valence-corrected chi connectivity index (χ1v) is 9.59. The number of carbonyl (C=O) groups is 4. The smallest absolute Gasteiger partial charge is 0.325 e. The van der Waals surface area contributed by atoms with Gasteiger partial charge in [0.05, 0.1) is 6.04 Å². The van der Waals surface area contributed by atoms with E-state index in [2.05, 4.69) is 16.0 Å². The lowest BCUT2D eigenvalue weighted by Gasteiger charge is -2.25. The molecule has 3 amide bonds. The lowest BCUT2D eigenvalue weighted by Crippen LogP contribution is -2.56. The first kappa shape index (κ1) is 25.8. The highest BCUT2D eigenvalue weighted by Gasteiger charge is 2.29. The lowest BCUT2D eigenvalue weighted by molar-refractivity contribution is -0.141. The summed E-state index contributed by atoms with van der Waals surface area (Å²) in [5.74, 6) is -2.65.